The summed E-state index contributed by atoms with van der Waals surface area (Å²) in [5, 5.41) is 2.76. The van der Waals surface area contributed by atoms with Gasteiger partial charge in [0.05, 0.1) is 12.0 Å². The summed E-state index contributed by atoms with van der Waals surface area (Å²) in [4.78, 5) is 12.5. The Morgan fingerprint density at radius 3 is 2.28 bits per heavy atom. The molecule has 0 aliphatic heterocycles. The maximum atomic E-state index is 12.4. The van der Waals surface area contributed by atoms with Gasteiger partial charge in [-0.1, -0.05) is 19.9 Å². The van der Waals surface area contributed by atoms with Crippen molar-refractivity contribution >= 4 is 21.6 Å². The van der Waals surface area contributed by atoms with Crippen molar-refractivity contribution in [2.45, 2.75) is 18.7 Å². The van der Waals surface area contributed by atoms with E-state index in [-0.39, 0.29) is 10.8 Å². The van der Waals surface area contributed by atoms with Crippen LogP contribution in [0.2, 0.25) is 0 Å². The molecule has 25 heavy (non-hydrogen) atoms. The quantitative estimate of drug-likeness (QED) is 0.822. The lowest BCUT2D eigenvalue weighted by Gasteiger charge is -2.18. The van der Waals surface area contributed by atoms with Crippen LogP contribution in [0.5, 0.6) is 5.75 Å². The van der Waals surface area contributed by atoms with Crippen LogP contribution < -0.4 is 10.1 Å². The van der Waals surface area contributed by atoms with E-state index >= 15 is 0 Å². The first-order chi connectivity index (χ1) is 11.9. The molecule has 1 N–H and O–H groups in total. The number of amides is 1. The molecule has 6 nitrogen and oxygen atoms in total. The van der Waals surface area contributed by atoms with Crippen LogP contribution in [0.1, 0.15) is 24.2 Å². The Kier molecular flexibility index (Phi) is 6.17. The third kappa shape index (κ3) is 4.37. The summed E-state index contributed by atoms with van der Waals surface area (Å²) in [5.41, 5.74) is 0.977. The third-order valence-electron chi connectivity index (χ3n) is 3.79. The number of rotatable bonds is 7. The SMILES string of the molecule is CCN(CC)S(=O)(=O)c1ccc(C(=O)Nc2cccc(OC)c2)cc1. The fourth-order valence-corrected chi connectivity index (χ4v) is 3.85. The van der Waals surface area contributed by atoms with Gasteiger partial charge in [0.15, 0.2) is 0 Å². The summed E-state index contributed by atoms with van der Waals surface area (Å²) in [7, 11) is -1.97. The van der Waals surface area contributed by atoms with Crippen LogP contribution in [0.4, 0.5) is 5.69 Å². The van der Waals surface area contributed by atoms with Gasteiger partial charge in [-0.3, -0.25) is 4.79 Å². The number of hydrogen-bond donors (Lipinski definition) is 1. The van der Waals surface area contributed by atoms with Gasteiger partial charge in [0, 0.05) is 30.4 Å². The largest absolute Gasteiger partial charge is 0.497 e. The van der Waals surface area contributed by atoms with Crippen molar-refractivity contribution in [3.63, 3.8) is 0 Å². The highest BCUT2D eigenvalue weighted by molar-refractivity contribution is 7.89. The van der Waals surface area contributed by atoms with Crippen molar-refractivity contribution in [1.82, 2.24) is 4.31 Å². The van der Waals surface area contributed by atoms with E-state index in [1.54, 1.807) is 45.2 Å². The van der Waals surface area contributed by atoms with Crippen molar-refractivity contribution in [2.24, 2.45) is 0 Å². The second-order valence-corrected chi connectivity index (χ2v) is 7.24. The van der Waals surface area contributed by atoms with Gasteiger partial charge in [-0.15, -0.1) is 0 Å². The highest BCUT2D eigenvalue weighted by Crippen LogP contribution is 2.19. The normalized spacial score (nSPS) is 11.4. The Morgan fingerprint density at radius 1 is 1.08 bits per heavy atom. The van der Waals surface area contributed by atoms with Crippen molar-refractivity contribution in [2.75, 3.05) is 25.5 Å². The summed E-state index contributed by atoms with van der Waals surface area (Å²) in [6.07, 6.45) is 0. The minimum atomic E-state index is -3.53. The van der Waals surface area contributed by atoms with Crippen molar-refractivity contribution < 1.29 is 17.9 Å². The molecular formula is C18H22N2O4S. The first-order valence-corrected chi connectivity index (χ1v) is 9.42. The average molecular weight is 362 g/mol. The summed E-state index contributed by atoms with van der Waals surface area (Å²) in [5.74, 6) is 0.318. The molecule has 0 heterocycles. The zero-order valence-electron chi connectivity index (χ0n) is 14.5. The molecular weight excluding hydrogens is 340 g/mol. The molecule has 2 rings (SSSR count). The first kappa shape index (κ1) is 19.0. The van der Waals surface area contributed by atoms with Gasteiger partial charge < -0.3 is 10.1 Å². The fourth-order valence-electron chi connectivity index (χ4n) is 2.39. The van der Waals surface area contributed by atoms with Crippen LogP contribution in [-0.2, 0) is 10.0 Å². The van der Waals surface area contributed by atoms with Gasteiger partial charge >= 0.3 is 0 Å². The number of sulfonamides is 1. The van der Waals surface area contributed by atoms with Crippen LogP contribution in [0.15, 0.2) is 53.4 Å². The van der Waals surface area contributed by atoms with Gasteiger partial charge in [-0.05, 0) is 36.4 Å². The van der Waals surface area contributed by atoms with Gasteiger partial charge in [0.2, 0.25) is 10.0 Å². The highest BCUT2D eigenvalue weighted by atomic mass is 32.2. The molecule has 0 saturated carbocycles. The van der Waals surface area contributed by atoms with Crippen LogP contribution in [0.3, 0.4) is 0 Å². The molecule has 0 aliphatic rings. The van der Waals surface area contributed by atoms with E-state index in [1.807, 2.05) is 0 Å². The Labute approximate surface area is 148 Å². The second-order valence-electron chi connectivity index (χ2n) is 5.30. The molecule has 134 valence electrons. The average Bonchev–Trinajstić information content (AvgIpc) is 2.62. The van der Waals surface area contributed by atoms with E-state index < -0.39 is 10.0 Å². The number of nitrogens with one attached hydrogen (secondary N) is 1. The minimum absolute atomic E-state index is 0.175. The van der Waals surface area contributed by atoms with E-state index in [9.17, 15) is 13.2 Å². The summed E-state index contributed by atoms with van der Waals surface area (Å²) < 4.78 is 31.4. The lowest BCUT2D eigenvalue weighted by atomic mass is 10.2. The fraction of sp³-hybridized carbons (Fsp3) is 0.278. The molecule has 0 bridgehead atoms. The number of carbonyl (C=O) groups excluding carboxylic acids is 1. The monoisotopic (exact) mass is 362 g/mol. The predicted molar refractivity (Wildman–Crippen MR) is 97.5 cm³/mol. The molecule has 0 radical (unpaired) electrons. The van der Waals surface area contributed by atoms with Gasteiger partial charge in [-0.25, -0.2) is 8.42 Å². The molecule has 2 aromatic carbocycles. The summed E-state index contributed by atoms with van der Waals surface area (Å²) >= 11 is 0. The van der Waals surface area contributed by atoms with Crippen molar-refractivity contribution in [1.29, 1.82) is 0 Å². The van der Waals surface area contributed by atoms with Crippen molar-refractivity contribution in [3.8, 4) is 5.75 Å². The van der Waals surface area contributed by atoms with Crippen LogP contribution in [0, 0.1) is 0 Å². The summed E-state index contributed by atoms with van der Waals surface area (Å²) in [6, 6.07) is 12.9. The Bertz CT molecular complexity index is 828. The zero-order chi connectivity index (χ0) is 18.4. The molecule has 1 amide bonds. The third-order valence-corrected chi connectivity index (χ3v) is 5.85. The van der Waals surface area contributed by atoms with Gasteiger partial charge in [0.25, 0.3) is 5.91 Å². The number of carbonyl (C=O) groups is 1. The predicted octanol–water partition coefficient (Wildman–Crippen LogP) is 2.98. The number of nitrogens with zero attached hydrogens (tertiary/aromatic N) is 1. The van der Waals surface area contributed by atoms with E-state index in [4.69, 9.17) is 4.74 Å². The van der Waals surface area contributed by atoms with Crippen LogP contribution >= 0.6 is 0 Å². The number of anilines is 1. The molecule has 2 aromatic rings. The zero-order valence-corrected chi connectivity index (χ0v) is 15.3. The molecule has 0 unspecified atom stereocenters. The van der Waals surface area contributed by atoms with Crippen molar-refractivity contribution in [3.05, 3.63) is 54.1 Å². The Hall–Kier alpha value is -2.38. The van der Waals surface area contributed by atoms with E-state index in [0.29, 0.717) is 30.1 Å². The Balaban J connectivity index is 2.17. The van der Waals surface area contributed by atoms with Gasteiger partial charge in [-0.2, -0.15) is 4.31 Å². The smallest absolute Gasteiger partial charge is 0.255 e. The van der Waals surface area contributed by atoms with E-state index in [0.717, 1.165) is 0 Å². The maximum absolute atomic E-state index is 12.4. The van der Waals surface area contributed by atoms with E-state index in [1.165, 1.54) is 28.6 Å². The van der Waals surface area contributed by atoms with Crippen LogP contribution in [-0.4, -0.2) is 38.8 Å². The second kappa shape index (κ2) is 8.13. The lowest BCUT2D eigenvalue weighted by molar-refractivity contribution is 0.102. The van der Waals surface area contributed by atoms with Crippen LogP contribution in [0.25, 0.3) is 0 Å². The molecule has 0 aliphatic carbocycles. The maximum Gasteiger partial charge on any atom is 0.255 e. The first-order valence-electron chi connectivity index (χ1n) is 7.98. The summed E-state index contributed by atoms with van der Waals surface area (Å²) in [6.45, 7) is 4.38. The molecule has 0 fully saturated rings. The highest BCUT2D eigenvalue weighted by Gasteiger charge is 2.21. The number of benzene rings is 2. The Morgan fingerprint density at radius 2 is 1.72 bits per heavy atom. The topological polar surface area (TPSA) is 75.7 Å². The number of methoxy groups -OCH3 is 1. The minimum Gasteiger partial charge on any atom is -0.497 e. The molecule has 7 heteroatoms. The number of ether oxygens (including phenoxy) is 1. The molecule has 0 saturated heterocycles. The standard InChI is InChI=1S/C18H22N2O4S/c1-4-20(5-2)25(22,23)17-11-9-14(10-12-17)18(21)19-15-7-6-8-16(13-15)24-3/h6-13H,4-5H2,1-3H3,(H,19,21). The lowest BCUT2D eigenvalue weighted by Crippen LogP contribution is -2.30. The molecule has 0 spiro atoms. The van der Waals surface area contributed by atoms with Gasteiger partial charge in [0.1, 0.15) is 5.75 Å². The molecule has 0 atom stereocenters. The molecule has 0 aromatic heterocycles. The van der Waals surface area contributed by atoms with E-state index in [2.05, 4.69) is 5.32 Å². The number of hydrogen-bond acceptors (Lipinski definition) is 4.